The van der Waals surface area contributed by atoms with Crippen LogP contribution in [0.2, 0.25) is 0 Å². The van der Waals surface area contributed by atoms with Crippen LogP contribution in [0.5, 0.6) is 0 Å². The fourth-order valence-corrected chi connectivity index (χ4v) is 1.82. The molecule has 0 atom stereocenters. The van der Waals surface area contributed by atoms with Gasteiger partial charge in [-0.1, -0.05) is 54.1 Å². The van der Waals surface area contributed by atoms with Crippen molar-refractivity contribution in [3.63, 3.8) is 0 Å². The standard InChI is InChI=1S/C10H9N.C7H9N/c11-10-7-3-5-8-4-1-2-6-9(8)10;1-6-2-4-7(8)5-3-6/h1-7H,11H2;2-5H,8H2,1H3. The number of rotatable bonds is 0. The average molecular weight is 250 g/mol. The second-order valence-corrected chi connectivity index (χ2v) is 4.48. The van der Waals surface area contributed by atoms with Crippen LogP contribution in [0.25, 0.3) is 10.8 Å². The Bertz CT molecular complexity index is 631. The Kier molecular flexibility index (Phi) is 4.04. The van der Waals surface area contributed by atoms with E-state index in [1.165, 1.54) is 10.9 Å². The van der Waals surface area contributed by atoms with Gasteiger partial charge in [-0.3, -0.25) is 0 Å². The van der Waals surface area contributed by atoms with Gasteiger partial charge in [0.15, 0.2) is 0 Å². The lowest BCUT2D eigenvalue weighted by Gasteiger charge is -1.98. The molecule has 0 saturated heterocycles. The van der Waals surface area contributed by atoms with E-state index < -0.39 is 0 Å². The van der Waals surface area contributed by atoms with Gasteiger partial charge in [0.05, 0.1) is 0 Å². The first-order valence-corrected chi connectivity index (χ1v) is 6.22. The van der Waals surface area contributed by atoms with Crippen molar-refractivity contribution < 1.29 is 0 Å². The quantitative estimate of drug-likeness (QED) is 0.592. The van der Waals surface area contributed by atoms with Crippen LogP contribution < -0.4 is 11.5 Å². The molecule has 0 aliphatic heterocycles. The third-order valence-electron chi connectivity index (χ3n) is 2.90. The molecule has 0 spiro atoms. The summed E-state index contributed by atoms with van der Waals surface area (Å²) in [6.45, 7) is 2.04. The van der Waals surface area contributed by atoms with E-state index in [1.807, 2.05) is 61.5 Å². The Balaban J connectivity index is 0.000000148. The topological polar surface area (TPSA) is 52.0 Å². The van der Waals surface area contributed by atoms with Crippen molar-refractivity contribution >= 4 is 22.1 Å². The third-order valence-corrected chi connectivity index (χ3v) is 2.90. The summed E-state index contributed by atoms with van der Waals surface area (Å²) in [6.07, 6.45) is 0. The monoisotopic (exact) mass is 250 g/mol. The van der Waals surface area contributed by atoms with Gasteiger partial charge < -0.3 is 11.5 Å². The van der Waals surface area contributed by atoms with Gasteiger partial charge in [0, 0.05) is 16.8 Å². The molecule has 96 valence electrons. The number of nitrogens with two attached hydrogens (primary N) is 2. The zero-order valence-electron chi connectivity index (χ0n) is 11.0. The minimum atomic E-state index is 0.829. The Hall–Kier alpha value is -2.48. The summed E-state index contributed by atoms with van der Waals surface area (Å²) in [5.41, 5.74) is 14.1. The molecule has 0 aliphatic carbocycles. The van der Waals surface area contributed by atoms with E-state index in [0.29, 0.717) is 0 Å². The van der Waals surface area contributed by atoms with E-state index >= 15 is 0 Å². The van der Waals surface area contributed by atoms with E-state index in [9.17, 15) is 0 Å². The molecule has 2 nitrogen and oxygen atoms in total. The van der Waals surface area contributed by atoms with E-state index in [4.69, 9.17) is 11.5 Å². The molecule has 3 rings (SSSR count). The van der Waals surface area contributed by atoms with Crippen molar-refractivity contribution in [2.75, 3.05) is 11.5 Å². The van der Waals surface area contributed by atoms with Gasteiger partial charge in [-0.25, -0.2) is 0 Å². The molecule has 4 N–H and O–H groups in total. The van der Waals surface area contributed by atoms with Gasteiger partial charge in [-0.05, 0) is 30.5 Å². The van der Waals surface area contributed by atoms with Gasteiger partial charge in [-0.15, -0.1) is 0 Å². The smallest absolute Gasteiger partial charge is 0.0393 e. The summed E-state index contributed by atoms with van der Waals surface area (Å²) in [5.74, 6) is 0. The van der Waals surface area contributed by atoms with Crippen LogP contribution in [0.15, 0.2) is 66.7 Å². The molecule has 19 heavy (non-hydrogen) atoms. The summed E-state index contributed by atoms with van der Waals surface area (Å²) < 4.78 is 0. The highest BCUT2D eigenvalue weighted by molar-refractivity contribution is 5.92. The Morgan fingerprint density at radius 2 is 1.32 bits per heavy atom. The normalized spacial score (nSPS) is 9.74. The Morgan fingerprint density at radius 1 is 0.684 bits per heavy atom. The molecule has 0 heterocycles. The number of fused-ring (bicyclic) bond motifs is 1. The van der Waals surface area contributed by atoms with Crippen molar-refractivity contribution in [1.82, 2.24) is 0 Å². The molecule has 0 fully saturated rings. The summed E-state index contributed by atoms with van der Waals surface area (Å²) in [6, 6.07) is 21.8. The van der Waals surface area contributed by atoms with Gasteiger partial charge in [0.1, 0.15) is 0 Å². The first kappa shape index (κ1) is 13.0. The highest BCUT2D eigenvalue weighted by atomic mass is 14.5. The molecular weight excluding hydrogens is 232 g/mol. The van der Waals surface area contributed by atoms with E-state index in [1.54, 1.807) is 0 Å². The minimum Gasteiger partial charge on any atom is -0.399 e. The lowest BCUT2D eigenvalue weighted by molar-refractivity contribution is 1.47. The maximum atomic E-state index is 5.76. The Labute approximate surface area is 113 Å². The van der Waals surface area contributed by atoms with Crippen LogP contribution in [-0.4, -0.2) is 0 Å². The van der Waals surface area contributed by atoms with Gasteiger partial charge in [0.25, 0.3) is 0 Å². The summed E-state index contributed by atoms with van der Waals surface area (Å²) in [4.78, 5) is 0. The van der Waals surface area contributed by atoms with Gasteiger partial charge in [0.2, 0.25) is 0 Å². The largest absolute Gasteiger partial charge is 0.399 e. The minimum absolute atomic E-state index is 0.829. The van der Waals surface area contributed by atoms with E-state index in [2.05, 4.69) is 12.1 Å². The zero-order chi connectivity index (χ0) is 13.7. The maximum Gasteiger partial charge on any atom is 0.0393 e. The van der Waals surface area contributed by atoms with Crippen LogP contribution in [0.3, 0.4) is 0 Å². The highest BCUT2D eigenvalue weighted by Crippen LogP contribution is 2.19. The summed E-state index contributed by atoms with van der Waals surface area (Å²) in [5, 5.41) is 2.34. The van der Waals surface area contributed by atoms with Crippen LogP contribution in [0.1, 0.15) is 5.56 Å². The molecule has 0 saturated carbocycles. The van der Waals surface area contributed by atoms with Crippen molar-refractivity contribution in [2.24, 2.45) is 0 Å². The molecule has 0 radical (unpaired) electrons. The molecule has 0 aliphatic rings. The lowest BCUT2D eigenvalue weighted by Crippen LogP contribution is -1.84. The molecule has 0 amide bonds. The fraction of sp³-hybridized carbons (Fsp3) is 0.0588. The first-order chi connectivity index (χ1) is 9.16. The molecule has 0 aromatic heterocycles. The van der Waals surface area contributed by atoms with Crippen molar-refractivity contribution in [3.8, 4) is 0 Å². The Morgan fingerprint density at radius 3 is 1.95 bits per heavy atom. The predicted octanol–water partition coefficient (Wildman–Crippen LogP) is 4.00. The molecule has 3 aromatic carbocycles. The molecule has 0 bridgehead atoms. The number of anilines is 2. The molecule has 0 unspecified atom stereocenters. The second-order valence-electron chi connectivity index (χ2n) is 4.48. The zero-order valence-corrected chi connectivity index (χ0v) is 11.0. The number of hydrogen-bond donors (Lipinski definition) is 2. The number of hydrogen-bond acceptors (Lipinski definition) is 2. The molecule has 3 aromatic rings. The lowest BCUT2D eigenvalue weighted by atomic mass is 10.1. The number of nitrogen functional groups attached to an aromatic ring is 2. The first-order valence-electron chi connectivity index (χ1n) is 6.22. The van der Waals surface area contributed by atoms with Crippen LogP contribution in [-0.2, 0) is 0 Å². The molecule has 2 heteroatoms. The van der Waals surface area contributed by atoms with E-state index in [-0.39, 0.29) is 0 Å². The second kappa shape index (κ2) is 5.91. The van der Waals surface area contributed by atoms with Crippen LogP contribution in [0, 0.1) is 6.92 Å². The number of aryl methyl sites for hydroxylation is 1. The highest BCUT2D eigenvalue weighted by Gasteiger charge is 1.92. The maximum absolute atomic E-state index is 5.76. The van der Waals surface area contributed by atoms with Gasteiger partial charge >= 0.3 is 0 Å². The van der Waals surface area contributed by atoms with Crippen LogP contribution >= 0.6 is 0 Å². The predicted molar refractivity (Wildman–Crippen MR) is 84.0 cm³/mol. The van der Waals surface area contributed by atoms with Crippen molar-refractivity contribution in [3.05, 3.63) is 72.3 Å². The molecular formula is C17H18N2. The van der Waals surface area contributed by atoms with Crippen molar-refractivity contribution in [1.29, 1.82) is 0 Å². The summed E-state index contributed by atoms with van der Waals surface area (Å²) >= 11 is 0. The number of benzene rings is 3. The fourth-order valence-electron chi connectivity index (χ4n) is 1.82. The average Bonchev–Trinajstić information content (AvgIpc) is 2.44. The van der Waals surface area contributed by atoms with Crippen molar-refractivity contribution in [2.45, 2.75) is 6.92 Å². The summed E-state index contributed by atoms with van der Waals surface area (Å²) in [7, 11) is 0. The SMILES string of the molecule is Cc1ccc(N)cc1.Nc1cccc2ccccc12. The van der Waals surface area contributed by atoms with Crippen LogP contribution in [0.4, 0.5) is 11.4 Å². The van der Waals surface area contributed by atoms with Gasteiger partial charge in [-0.2, -0.15) is 0 Å². The van der Waals surface area contributed by atoms with E-state index in [0.717, 1.165) is 16.8 Å². The third kappa shape index (κ3) is 3.49.